The van der Waals surface area contributed by atoms with Gasteiger partial charge in [0.15, 0.2) is 0 Å². The average Bonchev–Trinajstić information content (AvgIpc) is 3.27. The smallest absolute Gasteiger partial charge is 0.244 e. The first-order chi connectivity index (χ1) is 12.1. The largest absolute Gasteiger partial charge is 0.497 e. The van der Waals surface area contributed by atoms with Gasteiger partial charge in [-0.1, -0.05) is 0 Å². The molecule has 0 atom stereocenters. The quantitative estimate of drug-likeness (QED) is 0.698. The van der Waals surface area contributed by atoms with Crippen LogP contribution in [0.2, 0.25) is 0 Å². The molecule has 3 rings (SSSR count). The van der Waals surface area contributed by atoms with Crippen LogP contribution in [0.1, 0.15) is 11.3 Å². The monoisotopic (exact) mass is 337 g/mol. The molecule has 0 saturated carbocycles. The van der Waals surface area contributed by atoms with Crippen molar-refractivity contribution in [2.24, 2.45) is 7.05 Å². The number of methoxy groups -OCH3 is 1. The summed E-state index contributed by atoms with van der Waals surface area (Å²) < 4.78 is 8.58. The molecular weight excluding hydrogens is 318 g/mol. The predicted octanol–water partition coefficient (Wildman–Crippen LogP) is 1.94. The first-order valence-corrected chi connectivity index (χ1v) is 7.77. The van der Waals surface area contributed by atoms with Gasteiger partial charge in [0.1, 0.15) is 5.75 Å². The van der Waals surface area contributed by atoms with E-state index in [0.717, 1.165) is 22.7 Å². The molecule has 0 fully saturated rings. The van der Waals surface area contributed by atoms with Crippen LogP contribution < -0.4 is 10.1 Å². The predicted molar refractivity (Wildman–Crippen MR) is 94.2 cm³/mol. The van der Waals surface area contributed by atoms with Gasteiger partial charge in [-0.3, -0.25) is 9.48 Å². The molecule has 3 aromatic rings. The summed E-state index contributed by atoms with van der Waals surface area (Å²) in [7, 11) is 3.46. The minimum Gasteiger partial charge on any atom is -0.497 e. The first-order valence-electron chi connectivity index (χ1n) is 7.77. The Labute approximate surface area is 145 Å². The van der Waals surface area contributed by atoms with Crippen molar-refractivity contribution >= 4 is 12.0 Å². The molecule has 0 aliphatic heterocycles. The fraction of sp³-hybridized carbons (Fsp3) is 0.167. The van der Waals surface area contributed by atoms with Crippen LogP contribution in [0, 0.1) is 0 Å². The van der Waals surface area contributed by atoms with Crippen LogP contribution in [0.15, 0.2) is 55.0 Å². The van der Waals surface area contributed by atoms with Gasteiger partial charge in [-0.15, -0.1) is 0 Å². The molecule has 2 aromatic heterocycles. The zero-order valence-electron chi connectivity index (χ0n) is 14.1. The van der Waals surface area contributed by atoms with Crippen LogP contribution in [0.4, 0.5) is 0 Å². The molecule has 7 nitrogen and oxygen atoms in total. The van der Waals surface area contributed by atoms with Crippen LogP contribution in [0.25, 0.3) is 11.8 Å². The van der Waals surface area contributed by atoms with E-state index in [2.05, 4.69) is 15.5 Å². The Morgan fingerprint density at radius 1 is 1.28 bits per heavy atom. The number of ether oxygens (including phenoxy) is 1. The summed E-state index contributed by atoms with van der Waals surface area (Å²) in [6, 6.07) is 9.47. The molecule has 0 unspecified atom stereocenters. The number of nitrogens with one attached hydrogen (secondary N) is 1. The average molecular weight is 337 g/mol. The number of aryl methyl sites for hydroxylation is 1. The zero-order chi connectivity index (χ0) is 17.6. The van der Waals surface area contributed by atoms with Crippen LogP contribution in [0.3, 0.4) is 0 Å². The van der Waals surface area contributed by atoms with Crippen molar-refractivity contribution in [2.75, 3.05) is 7.11 Å². The van der Waals surface area contributed by atoms with Gasteiger partial charge < -0.3 is 10.1 Å². The molecule has 1 N–H and O–H groups in total. The van der Waals surface area contributed by atoms with Gasteiger partial charge >= 0.3 is 0 Å². The van der Waals surface area contributed by atoms with E-state index in [1.54, 1.807) is 28.7 Å². The lowest BCUT2D eigenvalue weighted by molar-refractivity contribution is -0.116. The van der Waals surface area contributed by atoms with Crippen LogP contribution in [0.5, 0.6) is 5.75 Å². The number of aromatic nitrogens is 4. The number of rotatable bonds is 6. The van der Waals surface area contributed by atoms with Gasteiger partial charge in [0.05, 0.1) is 31.2 Å². The van der Waals surface area contributed by atoms with Crippen molar-refractivity contribution in [1.82, 2.24) is 24.9 Å². The maximum atomic E-state index is 11.9. The lowest BCUT2D eigenvalue weighted by atomic mass is 10.3. The number of benzene rings is 1. The van der Waals surface area contributed by atoms with Crippen molar-refractivity contribution < 1.29 is 9.53 Å². The molecule has 0 aliphatic carbocycles. The van der Waals surface area contributed by atoms with Crippen molar-refractivity contribution in [3.63, 3.8) is 0 Å². The van der Waals surface area contributed by atoms with Gasteiger partial charge in [-0.2, -0.15) is 10.2 Å². The number of amides is 1. The third kappa shape index (κ3) is 4.35. The van der Waals surface area contributed by atoms with E-state index >= 15 is 0 Å². The summed E-state index contributed by atoms with van der Waals surface area (Å²) in [5.74, 6) is 0.617. The fourth-order valence-corrected chi connectivity index (χ4v) is 2.27. The Balaban J connectivity index is 1.55. The van der Waals surface area contributed by atoms with Crippen LogP contribution in [-0.4, -0.2) is 32.6 Å². The van der Waals surface area contributed by atoms with E-state index in [4.69, 9.17) is 4.74 Å². The summed E-state index contributed by atoms with van der Waals surface area (Å²) >= 11 is 0. The highest BCUT2D eigenvalue weighted by Gasteiger charge is 2.03. The van der Waals surface area contributed by atoms with Gasteiger partial charge in [0.2, 0.25) is 5.91 Å². The van der Waals surface area contributed by atoms with E-state index in [0.29, 0.717) is 6.54 Å². The Morgan fingerprint density at radius 2 is 2.08 bits per heavy atom. The Kier molecular flexibility index (Phi) is 4.94. The van der Waals surface area contributed by atoms with Crippen molar-refractivity contribution in [2.45, 2.75) is 6.54 Å². The molecule has 0 spiro atoms. The molecule has 0 aliphatic rings. The third-order valence-electron chi connectivity index (χ3n) is 3.58. The minimum atomic E-state index is -0.178. The second-order valence-electron chi connectivity index (χ2n) is 5.45. The molecule has 0 saturated heterocycles. The van der Waals surface area contributed by atoms with Crippen LogP contribution >= 0.6 is 0 Å². The van der Waals surface area contributed by atoms with Crippen molar-refractivity contribution in [1.29, 1.82) is 0 Å². The van der Waals surface area contributed by atoms with Gasteiger partial charge in [-0.05, 0) is 36.4 Å². The van der Waals surface area contributed by atoms with E-state index in [1.807, 2.05) is 49.8 Å². The normalized spacial score (nSPS) is 11.0. The van der Waals surface area contributed by atoms with E-state index in [1.165, 1.54) is 6.08 Å². The highest BCUT2D eigenvalue weighted by molar-refractivity contribution is 5.91. The van der Waals surface area contributed by atoms with E-state index in [-0.39, 0.29) is 5.91 Å². The molecule has 7 heteroatoms. The second kappa shape index (κ2) is 7.48. The van der Waals surface area contributed by atoms with Crippen LogP contribution in [-0.2, 0) is 18.4 Å². The van der Waals surface area contributed by atoms with Crippen molar-refractivity contribution in [3.05, 3.63) is 66.3 Å². The molecule has 2 heterocycles. The summed E-state index contributed by atoms with van der Waals surface area (Å²) in [4.78, 5) is 11.9. The highest BCUT2D eigenvalue weighted by Crippen LogP contribution is 2.14. The number of nitrogens with zero attached hydrogens (tertiary/aromatic N) is 4. The summed E-state index contributed by atoms with van der Waals surface area (Å²) in [5.41, 5.74) is 2.58. The Hall–Kier alpha value is -3.35. The highest BCUT2D eigenvalue weighted by atomic mass is 16.5. The number of hydrogen-bond acceptors (Lipinski definition) is 4. The molecule has 1 aromatic carbocycles. The zero-order valence-corrected chi connectivity index (χ0v) is 14.1. The van der Waals surface area contributed by atoms with E-state index in [9.17, 15) is 4.79 Å². The number of hydrogen-bond donors (Lipinski definition) is 1. The number of carbonyl (C=O) groups excluding carboxylic acids is 1. The second-order valence-corrected chi connectivity index (χ2v) is 5.45. The first kappa shape index (κ1) is 16.5. The molecular formula is C18H19N5O2. The maximum Gasteiger partial charge on any atom is 0.244 e. The Morgan fingerprint density at radius 3 is 2.76 bits per heavy atom. The third-order valence-corrected chi connectivity index (χ3v) is 3.58. The lowest BCUT2D eigenvalue weighted by Crippen LogP contribution is -2.20. The summed E-state index contributed by atoms with van der Waals surface area (Å²) in [6.07, 6.45) is 8.59. The lowest BCUT2D eigenvalue weighted by Gasteiger charge is -2.03. The fourth-order valence-electron chi connectivity index (χ4n) is 2.27. The number of carbonyl (C=O) groups is 1. The molecule has 25 heavy (non-hydrogen) atoms. The molecule has 128 valence electrons. The summed E-state index contributed by atoms with van der Waals surface area (Å²) in [6.45, 7) is 0.360. The molecule has 0 radical (unpaired) electrons. The minimum absolute atomic E-state index is 0.178. The Bertz CT molecular complexity index is 877. The van der Waals surface area contributed by atoms with Gasteiger partial charge in [-0.25, -0.2) is 4.68 Å². The SMILES string of the molecule is COc1ccc(-n2ccc(CNC(=O)/C=C\c3cnn(C)c3)n2)cc1. The standard InChI is InChI=1S/C18H19N5O2/c1-22-13-14(11-20-22)3-8-18(24)19-12-15-9-10-23(21-15)16-4-6-17(25-2)7-5-16/h3-11,13H,12H2,1-2H3,(H,19,24)/b8-3-. The topological polar surface area (TPSA) is 74.0 Å². The van der Waals surface area contributed by atoms with Gasteiger partial charge in [0, 0.05) is 31.1 Å². The molecule has 0 bridgehead atoms. The summed E-state index contributed by atoms with van der Waals surface area (Å²) in [5, 5.41) is 11.3. The van der Waals surface area contributed by atoms with E-state index < -0.39 is 0 Å². The maximum absolute atomic E-state index is 11.9. The van der Waals surface area contributed by atoms with Gasteiger partial charge in [0.25, 0.3) is 0 Å². The van der Waals surface area contributed by atoms with Crippen molar-refractivity contribution in [3.8, 4) is 11.4 Å². The molecule has 1 amide bonds.